The van der Waals surface area contributed by atoms with Crippen LogP contribution >= 0.6 is 0 Å². The summed E-state index contributed by atoms with van der Waals surface area (Å²) in [6.45, 7) is 3.20. The van der Waals surface area contributed by atoms with Gasteiger partial charge in [-0.1, -0.05) is 13.3 Å². The molecule has 1 aliphatic rings. The van der Waals surface area contributed by atoms with Crippen molar-refractivity contribution in [1.82, 2.24) is 14.9 Å². The maximum atomic E-state index is 13.3. The summed E-state index contributed by atoms with van der Waals surface area (Å²) in [5.41, 5.74) is 0.197. The largest absolute Gasteiger partial charge is 0.476 e. The van der Waals surface area contributed by atoms with Crippen LogP contribution in [0.4, 0.5) is 14.6 Å². The van der Waals surface area contributed by atoms with Gasteiger partial charge in [0.1, 0.15) is 24.0 Å². The Morgan fingerprint density at radius 2 is 2.04 bits per heavy atom. The molecule has 9 heteroatoms. The number of fused-ring (bicyclic) bond motifs is 1. The van der Waals surface area contributed by atoms with Crippen LogP contribution in [0.2, 0.25) is 0 Å². The summed E-state index contributed by atoms with van der Waals surface area (Å²) in [6.07, 6.45) is 3.30. The second kappa shape index (κ2) is 8.81. The number of benzene rings is 1. The monoisotopic (exact) mass is 392 g/mol. The van der Waals surface area contributed by atoms with Crippen molar-refractivity contribution in [2.45, 2.75) is 45.2 Å². The van der Waals surface area contributed by atoms with Crippen molar-refractivity contribution >= 4 is 17.6 Å². The molecule has 28 heavy (non-hydrogen) atoms. The van der Waals surface area contributed by atoms with Crippen LogP contribution in [0.3, 0.4) is 0 Å². The SMILES string of the molecule is CCCC(NC(=O)Cc1cc(F)cc(F)c1)C(=O)Nc1ncn2c1OCCC2. The molecule has 1 atom stereocenters. The van der Waals surface area contributed by atoms with E-state index in [-0.39, 0.29) is 12.0 Å². The third-order valence-corrected chi connectivity index (χ3v) is 4.33. The van der Waals surface area contributed by atoms with E-state index in [0.717, 1.165) is 31.2 Å². The normalized spacial score (nSPS) is 14.0. The Labute approximate surface area is 161 Å². The predicted octanol–water partition coefficient (Wildman–Crippen LogP) is 2.41. The van der Waals surface area contributed by atoms with Crippen molar-refractivity contribution in [1.29, 1.82) is 0 Å². The highest BCUT2D eigenvalue weighted by molar-refractivity contribution is 5.97. The highest BCUT2D eigenvalue weighted by Gasteiger charge is 2.24. The minimum atomic E-state index is -0.795. The fourth-order valence-electron chi connectivity index (χ4n) is 3.08. The molecule has 2 heterocycles. The van der Waals surface area contributed by atoms with Crippen LogP contribution in [-0.4, -0.2) is 34.0 Å². The number of ether oxygens (including phenoxy) is 1. The summed E-state index contributed by atoms with van der Waals surface area (Å²) in [4.78, 5) is 29.1. The molecule has 2 N–H and O–H groups in total. The van der Waals surface area contributed by atoms with E-state index in [1.54, 1.807) is 6.33 Å². The van der Waals surface area contributed by atoms with Crippen LogP contribution < -0.4 is 15.4 Å². The molecule has 150 valence electrons. The number of imidazole rings is 1. The Balaban J connectivity index is 1.64. The Morgan fingerprint density at radius 3 is 2.75 bits per heavy atom. The van der Waals surface area contributed by atoms with E-state index in [1.165, 1.54) is 0 Å². The van der Waals surface area contributed by atoms with E-state index < -0.39 is 29.5 Å². The van der Waals surface area contributed by atoms with E-state index in [2.05, 4.69) is 15.6 Å². The topological polar surface area (TPSA) is 85.3 Å². The number of carbonyl (C=O) groups is 2. The van der Waals surface area contributed by atoms with Gasteiger partial charge in [-0.15, -0.1) is 0 Å². The molecular weight excluding hydrogens is 370 g/mol. The van der Waals surface area contributed by atoms with Crippen LogP contribution in [0.15, 0.2) is 24.5 Å². The lowest BCUT2D eigenvalue weighted by molar-refractivity contribution is -0.126. The number of nitrogens with one attached hydrogen (secondary N) is 2. The van der Waals surface area contributed by atoms with Crippen LogP contribution in [0.1, 0.15) is 31.7 Å². The molecule has 0 fully saturated rings. The number of aryl methyl sites for hydroxylation is 1. The summed E-state index contributed by atoms with van der Waals surface area (Å²) in [5, 5.41) is 5.32. The maximum absolute atomic E-state index is 13.3. The van der Waals surface area contributed by atoms with E-state index >= 15 is 0 Å². The average molecular weight is 392 g/mol. The zero-order chi connectivity index (χ0) is 20.1. The van der Waals surface area contributed by atoms with Gasteiger partial charge < -0.3 is 15.4 Å². The molecule has 0 saturated heterocycles. The molecule has 2 amide bonds. The zero-order valence-electron chi connectivity index (χ0n) is 15.5. The smallest absolute Gasteiger partial charge is 0.248 e. The summed E-state index contributed by atoms with van der Waals surface area (Å²) in [5.74, 6) is -1.62. The molecule has 0 saturated carbocycles. The summed E-state index contributed by atoms with van der Waals surface area (Å²) < 4.78 is 33.9. The first kappa shape index (κ1) is 19.8. The number of rotatable bonds is 7. The zero-order valence-corrected chi connectivity index (χ0v) is 15.5. The molecule has 1 aliphatic heterocycles. The van der Waals surface area contributed by atoms with Crippen LogP contribution in [0.5, 0.6) is 5.88 Å². The molecule has 3 rings (SSSR count). The number of hydrogen-bond acceptors (Lipinski definition) is 4. The second-order valence-corrected chi connectivity index (χ2v) is 6.65. The molecule has 2 aromatic rings. The minimum Gasteiger partial charge on any atom is -0.476 e. The van der Waals surface area contributed by atoms with Gasteiger partial charge in [0.15, 0.2) is 5.82 Å². The maximum Gasteiger partial charge on any atom is 0.248 e. The second-order valence-electron chi connectivity index (χ2n) is 6.65. The number of hydrogen-bond donors (Lipinski definition) is 2. The third-order valence-electron chi connectivity index (χ3n) is 4.33. The molecule has 1 unspecified atom stereocenters. The van der Waals surface area contributed by atoms with Gasteiger partial charge in [-0.3, -0.25) is 14.2 Å². The number of halogens is 2. The molecule has 0 bridgehead atoms. The number of amides is 2. The van der Waals surface area contributed by atoms with Crippen molar-refractivity contribution in [3.63, 3.8) is 0 Å². The Kier molecular flexibility index (Phi) is 6.23. The lowest BCUT2D eigenvalue weighted by Gasteiger charge is -2.19. The summed E-state index contributed by atoms with van der Waals surface area (Å²) in [7, 11) is 0. The average Bonchev–Trinajstić information content (AvgIpc) is 3.03. The van der Waals surface area contributed by atoms with Crippen molar-refractivity contribution in [3.05, 3.63) is 41.7 Å². The van der Waals surface area contributed by atoms with E-state index in [4.69, 9.17) is 4.74 Å². The summed E-state index contributed by atoms with van der Waals surface area (Å²) in [6, 6.07) is 2.12. The third kappa shape index (κ3) is 4.85. The van der Waals surface area contributed by atoms with Crippen molar-refractivity contribution < 1.29 is 23.1 Å². The molecule has 0 spiro atoms. The van der Waals surface area contributed by atoms with E-state index in [1.807, 2.05) is 11.5 Å². The quantitative estimate of drug-likeness (QED) is 0.758. The van der Waals surface area contributed by atoms with Gasteiger partial charge in [0.05, 0.1) is 13.0 Å². The standard InChI is InChI=1S/C19H22F2N4O3/c1-2-4-15(23-16(26)9-12-7-13(20)10-14(21)8-12)18(27)24-17-19-25(11-22-17)5-3-6-28-19/h7-8,10-11,15H,2-6,9H2,1H3,(H,23,26)(H,24,27). The van der Waals surface area contributed by atoms with Gasteiger partial charge in [0, 0.05) is 12.6 Å². The lowest BCUT2D eigenvalue weighted by atomic mass is 10.1. The van der Waals surface area contributed by atoms with Crippen molar-refractivity contribution in [3.8, 4) is 5.88 Å². The first-order valence-corrected chi connectivity index (χ1v) is 9.19. The van der Waals surface area contributed by atoms with Gasteiger partial charge in [-0.05, 0) is 30.5 Å². The Bertz CT molecular complexity index is 849. The summed E-state index contributed by atoms with van der Waals surface area (Å²) >= 11 is 0. The number of anilines is 1. The fourth-order valence-corrected chi connectivity index (χ4v) is 3.08. The van der Waals surface area contributed by atoms with Crippen LogP contribution in [0.25, 0.3) is 0 Å². The first-order chi connectivity index (χ1) is 13.5. The Morgan fingerprint density at radius 1 is 1.29 bits per heavy atom. The molecule has 0 radical (unpaired) electrons. The number of nitrogens with zero attached hydrogens (tertiary/aromatic N) is 2. The lowest BCUT2D eigenvalue weighted by Crippen LogP contribution is -2.44. The van der Waals surface area contributed by atoms with E-state index in [0.29, 0.717) is 31.1 Å². The number of carbonyl (C=O) groups excluding carboxylic acids is 2. The molecular formula is C19H22F2N4O3. The molecule has 1 aromatic heterocycles. The van der Waals surface area contributed by atoms with Gasteiger partial charge >= 0.3 is 0 Å². The highest BCUT2D eigenvalue weighted by atomic mass is 19.1. The highest BCUT2D eigenvalue weighted by Crippen LogP contribution is 2.26. The van der Waals surface area contributed by atoms with Gasteiger partial charge in [0.2, 0.25) is 17.7 Å². The van der Waals surface area contributed by atoms with Crippen LogP contribution in [-0.2, 0) is 22.6 Å². The molecule has 0 aliphatic carbocycles. The van der Waals surface area contributed by atoms with Crippen molar-refractivity contribution in [2.75, 3.05) is 11.9 Å². The number of aromatic nitrogens is 2. The first-order valence-electron chi connectivity index (χ1n) is 9.19. The minimum absolute atomic E-state index is 0.197. The van der Waals surface area contributed by atoms with Crippen molar-refractivity contribution in [2.24, 2.45) is 0 Å². The fraction of sp³-hybridized carbons (Fsp3) is 0.421. The van der Waals surface area contributed by atoms with Crippen LogP contribution in [0, 0.1) is 11.6 Å². The molecule has 1 aromatic carbocycles. The van der Waals surface area contributed by atoms with Gasteiger partial charge in [-0.2, -0.15) is 0 Å². The molecule has 7 nitrogen and oxygen atoms in total. The predicted molar refractivity (Wildman–Crippen MR) is 97.9 cm³/mol. The Hall–Kier alpha value is -2.97. The van der Waals surface area contributed by atoms with E-state index in [9.17, 15) is 18.4 Å². The van der Waals surface area contributed by atoms with Gasteiger partial charge in [-0.25, -0.2) is 13.8 Å². The van der Waals surface area contributed by atoms with Gasteiger partial charge in [0.25, 0.3) is 0 Å².